The maximum Gasteiger partial charge on any atom is 0.188 e. The van der Waals surface area contributed by atoms with Crippen molar-refractivity contribution >= 4 is 0 Å². The fraction of sp³-hybridized carbons (Fsp3) is 0.333. The van der Waals surface area contributed by atoms with Gasteiger partial charge in [0.2, 0.25) is 0 Å². The quantitative estimate of drug-likeness (QED) is 0.598. The Kier molecular flexibility index (Phi) is 7.12. The van der Waals surface area contributed by atoms with Gasteiger partial charge in [0.05, 0.1) is 7.11 Å². The van der Waals surface area contributed by atoms with E-state index in [0.717, 1.165) is 11.5 Å². The first-order chi connectivity index (χ1) is 10.1. The summed E-state index contributed by atoms with van der Waals surface area (Å²) in [6.45, 7) is 4.66. The predicted octanol–water partition coefficient (Wildman–Crippen LogP) is 4.00. The minimum absolute atomic E-state index is 0. The normalized spacial score (nSPS) is 10.7. The molecule has 0 unspecified atom stereocenters. The van der Waals surface area contributed by atoms with Crippen LogP contribution in [0.15, 0.2) is 48.5 Å². The molecule has 0 bridgehead atoms. The molecule has 4 heteroatoms. The van der Waals surface area contributed by atoms with Gasteiger partial charge < -0.3 is 14.2 Å². The van der Waals surface area contributed by atoms with Crippen LogP contribution in [-0.4, -0.2) is 21.0 Å². The third kappa shape index (κ3) is 4.34. The number of ether oxygens (including phenoxy) is 3. The fourth-order valence-electron chi connectivity index (χ4n) is 2.27. The molecule has 0 fully saturated rings. The summed E-state index contributed by atoms with van der Waals surface area (Å²) in [5.74, 6) is 1.68. The van der Waals surface area contributed by atoms with Crippen LogP contribution in [0, 0.1) is 0 Å². The third-order valence-electron chi connectivity index (χ3n) is 3.71. The van der Waals surface area contributed by atoms with Crippen LogP contribution in [0.3, 0.4) is 0 Å². The maximum atomic E-state index is 5.42. The van der Waals surface area contributed by atoms with Gasteiger partial charge in [-0.2, -0.15) is 0 Å². The monoisotopic (exact) mass is 470 g/mol. The Hall–Kier alpha value is -1.31. The van der Waals surface area contributed by atoms with Crippen molar-refractivity contribution in [2.45, 2.75) is 19.3 Å². The first-order valence-electron chi connectivity index (χ1n) is 6.94. The van der Waals surface area contributed by atoms with Gasteiger partial charge in [0.15, 0.2) is 6.79 Å². The average Bonchev–Trinajstić information content (AvgIpc) is 2.53. The van der Waals surface area contributed by atoms with Gasteiger partial charge in [0.25, 0.3) is 0 Å². The molecule has 0 amide bonds. The number of methoxy groups -OCH3 is 2. The third-order valence-corrected chi connectivity index (χ3v) is 3.71. The molecule has 0 atom stereocenters. The molecule has 2 aromatic carbocycles. The van der Waals surface area contributed by atoms with Crippen LogP contribution in [0.5, 0.6) is 11.5 Å². The zero-order valence-electron chi connectivity index (χ0n) is 13.5. The number of hydrogen-bond acceptors (Lipinski definition) is 3. The van der Waals surface area contributed by atoms with E-state index in [1.807, 2.05) is 24.3 Å². The van der Waals surface area contributed by atoms with Gasteiger partial charge in [-0.25, -0.2) is 0 Å². The zero-order valence-corrected chi connectivity index (χ0v) is 16.4. The van der Waals surface area contributed by atoms with Crippen LogP contribution in [0.2, 0.25) is 0 Å². The van der Waals surface area contributed by atoms with Crippen molar-refractivity contribution in [2.24, 2.45) is 0 Å². The molecule has 0 radical (unpaired) electrons. The first-order valence-corrected chi connectivity index (χ1v) is 6.94. The van der Waals surface area contributed by atoms with Crippen LogP contribution >= 0.6 is 0 Å². The smallest absolute Gasteiger partial charge is 0.188 e. The van der Waals surface area contributed by atoms with Crippen LogP contribution in [0.4, 0.5) is 0 Å². The SMILES string of the molecule is COCOc1ccc(C(C)(C)c2cccc(OC)c2)cc1.[W]. The largest absolute Gasteiger partial charge is 0.497 e. The van der Waals surface area contributed by atoms with E-state index < -0.39 is 0 Å². The van der Waals surface area contributed by atoms with E-state index in [4.69, 9.17) is 14.2 Å². The molecule has 0 aromatic heterocycles. The summed E-state index contributed by atoms with van der Waals surface area (Å²) in [7, 11) is 3.30. The van der Waals surface area contributed by atoms with Crippen LogP contribution in [0.1, 0.15) is 25.0 Å². The Bertz CT molecular complexity index is 579. The average molecular weight is 470 g/mol. The minimum atomic E-state index is -0.103. The number of benzene rings is 2. The molecular weight excluding hydrogens is 448 g/mol. The molecule has 0 aliphatic rings. The Morgan fingerprint density at radius 2 is 1.55 bits per heavy atom. The second kappa shape index (κ2) is 8.35. The predicted molar refractivity (Wildman–Crippen MR) is 84.1 cm³/mol. The second-order valence-electron chi connectivity index (χ2n) is 5.43. The van der Waals surface area contributed by atoms with Crippen molar-refractivity contribution in [2.75, 3.05) is 21.0 Å². The van der Waals surface area contributed by atoms with Crippen molar-refractivity contribution in [3.05, 3.63) is 59.7 Å². The Morgan fingerprint density at radius 1 is 0.864 bits per heavy atom. The molecule has 2 aromatic rings. The topological polar surface area (TPSA) is 27.7 Å². The van der Waals surface area contributed by atoms with Gasteiger partial charge in [0.1, 0.15) is 11.5 Å². The van der Waals surface area contributed by atoms with Gasteiger partial charge in [-0.1, -0.05) is 38.1 Å². The molecule has 0 heterocycles. The van der Waals surface area contributed by atoms with Gasteiger partial charge in [-0.05, 0) is 35.4 Å². The van der Waals surface area contributed by atoms with E-state index in [9.17, 15) is 0 Å². The summed E-state index contributed by atoms with van der Waals surface area (Å²) in [6.07, 6.45) is 0. The van der Waals surface area contributed by atoms with Gasteiger partial charge in [0, 0.05) is 33.6 Å². The second-order valence-corrected chi connectivity index (χ2v) is 5.43. The molecule has 0 aliphatic carbocycles. The van der Waals surface area contributed by atoms with Crippen molar-refractivity contribution in [3.8, 4) is 11.5 Å². The zero-order chi connectivity index (χ0) is 15.3. The maximum absolute atomic E-state index is 5.42. The molecule has 22 heavy (non-hydrogen) atoms. The summed E-state index contributed by atoms with van der Waals surface area (Å²) < 4.78 is 15.6. The molecule has 118 valence electrons. The fourth-order valence-corrected chi connectivity index (χ4v) is 2.27. The summed E-state index contributed by atoms with van der Waals surface area (Å²) >= 11 is 0. The summed E-state index contributed by atoms with van der Waals surface area (Å²) in [5.41, 5.74) is 2.34. The van der Waals surface area contributed by atoms with Crippen molar-refractivity contribution in [3.63, 3.8) is 0 Å². The Morgan fingerprint density at radius 3 is 2.14 bits per heavy atom. The van der Waals surface area contributed by atoms with Crippen LogP contribution in [0.25, 0.3) is 0 Å². The van der Waals surface area contributed by atoms with Gasteiger partial charge in [-0.15, -0.1) is 0 Å². The van der Waals surface area contributed by atoms with E-state index in [2.05, 4.69) is 38.1 Å². The molecule has 0 aliphatic heterocycles. The van der Waals surface area contributed by atoms with Gasteiger partial charge in [-0.3, -0.25) is 0 Å². The minimum Gasteiger partial charge on any atom is -0.497 e. The molecule has 0 N–H and O–H groups in total. The number of hydrogen-bond donors (Lipinski definition) is 0. The van der Waals surface area contributed by atoms with Crippen molar-refractivity contribution < 1.29 is 35.3 Å². The molecule has 2 rings (SSSR count). The van der Waals surface area contributed by atoms with Crippen molar-refractivity contribution in [1.29, 1.82) is 0 Å². The van der Waals surface area contributed by atoms with E-state index in [1.54, 1.807) is 14.2 Å². The summed E-state index contributed by atoms with van der Waals surface area (Å²) in [5, 5.41) is 0. The van der Waals surface area contributed by atoms with E-state index in [1.165, 1.54) is 11.1 Å². The van der Waals surface area contributed by atoms with E-state index >= 15 is 0 Å². The van der Waals surface area contributed by atoms with Crippen molar-refractivity contribution in [1.82, 2.24) is 0 Å². The molecule has 0 spiro atoms. The standard InChI is InChI=1S/C18H22O3.W/c1-18(2,15-6-5-7-17(12-15)20-4)14-8-10-16(11-9-14)21-13-19-3;/h5-12H,13H2,1-4H3;. The van der Waals surface area contributed by atoms with Gasteiger partial charge >= 0.3 is 0 Å². The van der Waals surface area contributed by atoms with E-state index in [-0.39, 0.29) is 33.3 Å². The molecule has 0 saturated carbocycles. The molecule has 0 saturated heterocycles. The summed E-state index contributed by atoms with van der Waals surface area (Å²) in [6, 6.07) is 16.3. The summed E-state index contributed by atoms with van der Waals surface area (Å²) in [4.78, 5) is 0. The first kappa shape index (κ1) is 18.7. The van der Waals surface area contributed by atoms with Crippen LogP contribution < -0.4 is 9.47 Å². The molecular formula is C18H22O3W. The van der Waals surface area contributed by atoms with Crippen LogP contribution in [-0.2, 0) is 31.2 Å². The molecule has 3 nitrogen and oxygen atoms in total. The Labute approximate surface area is 146 Å². The Balaban J connectivity index is 0.00000242. The number of rotatable bonds is 6. The van der Waals surface area contributed by atoms with E-state index in [0.29, 0.717) is 0 Å².